The summed E-state index contributed by atoms with van der Waals surface area (Å²) >= 11 is 0. The Morgan fingerprint density at radius 2 is 2.09 bits per heavy atom. The van der Waals surface area contributed by atoms with Crippen molar-refractivity contribution in [2.45, 2.75) is 6.54 Å². The second-order valence-electron chi connectivity index (χ2n) is 4.48. The van der Waals surface area contributed by atoms with E-state index in [-0.39, 0.29) is 5.82 Å². The highest BCUT2D eigenvalue weighted by Gasteiger charge is 2.02. The maximum Gasteiger partial charge on any atom is 0.191 e. The fraction of sp³-hybridized carbons (Fsp3) is 0.250. The summed E-state index contributed by atoms with van der Waals surface area (Å²) in [5.41, 5.74) is 0.594. The summed E-state index contributed by atoms with van der Waals surface area (Å²) in [5.74, 6) is 1.09. The Balaban J connectivity index is 1.70. The quantitative estimate of drug-likeness (QED) is 0.486. The number of aliphatic imine (C=N–C) groups is 1. The van der Waals surface area contributed by atoms with E-state index in [1.807, 2.05) is 12.1 Å². The molecule has 1 aromatic heterocycles. The molecule has 0 saturated heterocycles. The standard InChI is InChI=1S/C16H19FN4O/c1-18-16(21-11-13-5-2-3-7-15(13)17)20-9-10-22-14-6-4-8-19-12-14/h2-8,12H,9-11H2,1H3,(H2,18,20,21). The Kier molecular flexibility index (Phi) is 6.17. The van der Waals surface area contributed by atoms with E-state index in [0.717, 1.165) is 5.75 Å². The lowest BCUT2D eigenvalue weighted by molar-refractivity contribution is 0.320. The van der Waals surface area contributed by atoms with Gasteiger partial charge in [-0.3, -0.25) is 9.98 Å². The van der Waals surface area contributed by atoms with E-state index in [1.54, 1.807) is 37.6 Å². The number of aromatic nitrogens is 1. The zero-order chi connectivity index (χ0) is 15.6. The van der Waals surface area contributed by atoms with Crippen LogP contribution in [0.5, 0.6) is 5.75 Å². The van der Waals surface area contributed by atoms with Gasteiger partial charge in [0.2, 0.25) is 0 Å². The number of ether oxygens (including phenoxy) is 1. The fourth-order valence-electron chi connectivity index (χ4n) is 1.81. The number of halogens is 1. The average molecular weight is 302 g/mol. The van der Waals surface area contributed by atoms with Crippen LogP contribution in [0.25, 0.3) is 0 Å². The van der Waals surface area contributed by atoms with Gasteiger partial charge in [-0.2, -0.15) is 0 Å². The minimum atomic E-state index is -0.231. The van der Waals surface area contributed by atoms with Gasteiger partial charge in [-0.15, -0.1) is 0 Å². The lowest BCUT2D eigenvalue weighted by Crippen LogP contribution is -2.39. The maximum absolute atomic E-state index is 13.5. The highest BCUT2D eigenvalue weighted by atomic mass is 19.1. The number of pyridine rings is 1. The third-order valence-electron chi connectivity index (χ3n) is 2.93. The number of hydrogen-bond acceptors (Lipinski definition) is 3. The number of guanidine groups is 1. The summed E-state index contributed by atoms with van der Waals surface area (Å²) in [5, 5.41) is 6.16. The lowest BCUT2D eigenvalue weighted by Gasteiger charge is -2.12. The van der Waals surface area contributed by atoms with Gasteiger partial charge in [-0.25, -0.2) is 4.39 Å². The summed E-state index contributed by atoms with van der Waals surface area (Å²) in [6.07, 6.45) is 3.35. The van der Waals surface area contributed by atoms with Gasteiger partial charge < -0.3 is 15.4 Å². The third-order valence-corrected chi connectivity index (χ3v) is 2.93. The van der Waals surface area contributed by atoms with Crippen molar-refractivity contribution in [1.82, 2.24) is 15.6 Å². The predicted octanol–water partition coefficient (Wildman–Crippen LogP) is 1.96. The molecule has 2 rings (SSSR count). The molecule has 0 amide bonds. The fourth-order valence-corrected chi connectivity index (χ4v) is 1.81. The minimum absolute atomic E-state index is 0.231. The highest BCUT2D eigenvalue weighted by molar-refractivity contribution is 5.79. The normalized spacial score (nSPS) is 11.1. The molecule has 6 heteroatoms. The van der Waals surface area contributed by atoms with Crippen molar-refractivity contribution in [1.29, 1.82) is 0 Å². The molecule has 0 spiro atoms. The van der Waals surface area contributed by atoms with Crippen molar-refractivity contribution in [3.63, 3.8) is 0 Å². The SMILES string of the molecule is CN=C(NCCOc1cccnc1)NCc1ccccc1F. The van der Waals surface area contributed by atoms with E-state index in [9.17, 15) is 4.39 Å². The van der Waals surface area contributed by atoms with Crippen LogP contribution in [0.1, 0.15) is 5.56 Å². The second kappa shape index (κ2) is 8.61. The summed E-state index contributed by atoms with van der Waals surface area (Å²) in [6.45, 7) is 1.42. The smallest absolute Gasteiger partial charge is 0.191 e. The topological polar surface area (TPSA) is 58.5 Å². The third kappa shape index (κ3) is 5.05. The zero-order valence-corrected chi connectivity index (χ0v) is 12.4. The summed E-state index contributed by atoms with van der Waals surface area (Å²) in [7, 11) is 1.67. The van der Waals surface area contributed by atoms with Crippen molar-refractivity contribution in [2.24, 2.45) is 4.99 Å². The van der Waals surface area contributed by atoms with Gasteiger partial charge >= 0.3 is 0 Å². The first-order valence-corrected chi connectivity index (χ1v) is 7.00. The second-order valence-corrected chi connectivity index (χ2v) is 4.48. The van der Waals surface area contributed by atoms with E-state index in [1.165, 1.54) is 6.07 Å². The zero-order valence-electron chi connectivity index (χ0n) is 12.4. The molecule has 0 aliphatic carbocycles. The van der Waals surface area contributed by atoms with Crippen LogP contribution in [0.4, 0.5) is 4.39 Å². The number of benzene rings is 1. The lowest BCUT2D eigenvalue weighted by atomic mass is 10.2. The number of nitrogens with one attached hydrogen (secondary N) is 2. The summed E-state index contributed by atoms with van der Waals surface area (Å²) < 4.78 is 19.0. The summed E-state index contributed by atoms with van der Waals surface area (Å²) in [6, 6.07) is 10.3. The molecule has 0 radical (unpaired) electrons. The molecule has 0 atom stereocenters. The van der Waals surface area contributed by atoms with Crippen LogP contribution in [0.15, 0.2) is 53.8 Å². The van der Waals surface area contributed by atoms with Gasteiger partial charge in [0.25, 0.3) is 0 Å². The first kappa shape index (κ1) is 15.8. The predicted molar refractivity (Wildman–Crippen MR) is 84.3 cm³/mol. The molecule has 5 nitrogen and oxygen atoms in total. The Morgan fingerprint density at radius 3 is 2.82 bits per heavy atom. The molecule has 22 heavy (non-hydrogen) atoms. The number of hydrogen-bond donors (Lipinski definition) is 2. The molecule has 0 bridgehead atoms. The average Bonchev–Trinajstić information content (AvgIpc) is 2.56. The molecular weight excluding hydrogens is 283 g/mol. The molecule has 1 heterocycles. The number of nitrogens with zero attached hydrogens (tertiary/aromatic N) is 2. The van der Waals surface area contributed by atoms with Gasteiger partial charge in [0.1, 0.15) is 18.2 Å². The Bertz CT molecular complexity index is 604. The Morgan fingerprint density at radius 1 is 1.23 bits per heavy atom. The molecule has 0 saturated carbocycles. The molecule has 0 fully saturated rings. The van der Waals surface area contributed by atoms with Crippen LogP contribution >= 0.6 is 0 Å². The number of rotatable bonds is 6. The highest BCUT2D eigenvalue weighted by Crippen LogP contribution is 2.06. The van der Waals surface area contributed by atoms with Crippen LogP contribution in [0.3, 0.4) is 0 Å². The molecule has 2 N–H and O–H groups in total. The maximum atomic E-state index is 13.5. The van der Waals surface area contributed by atoms with Crippen LogP contribution in [0, 0.1) is 5.82 Å². The van der Waals surface area contributed by atoms with Crippen molar-refractivity contribution in [3.8, 4) is 5.75 Å². The van der Waals surface area contributed by atoms with E-state index in [2.05, 4.69) is 20.6 Å². The summed E-state index contributed by atoms with van der Waals surface area (Å²) in [4.78, 5) is 8.05. The van der Waals surface area contributed by atoms with E-state index in [4.69, 9.17) is 4.74 Å². The van der Waals surface area contributed by atoms with Gasteiger partial charge in [0, 0.05) is 25.4 Å². The molecule has 0 aliphatic rings. The van der Waals surface area contributed by atoms with Crippen molar-refractivity contribution in [3.05, 3.63) is 60.2 Å². The first-order chi connectivity index (χ1) is 10.8. The van der Waals surface area contributed by atoms with Gasteiger partial charge in [0.15, 0.2) is 5.96 Å². The van der Waals surface area contributed by atoms with E-state index < -0.39 is 0 Å². The largest absolute Gasteiger partial charge is 0.490 e. The van der Waals surface area contributed by atoms with Crippen molar-refractivity contribution >= 4 is 5.96 Å². The first-order valence-electron chi connectivity index (χ1n) is 7.00. The Hall–Kier alpha value is -2.63. The molecule has 116 valence electrons. The molecule has 1 aromatic carbocycles. The van der Waals surface area contributed by atoms with Crippen LogP contribution < -0.4 is 15.4 Å². The van der Waals surface area contributed by atoms with Crippen LogP contribution in [0.2, 0.25) is 0 Å². The molecule has 0 aliphatic heterocycles. The molecular formula is C16H19FN4O. The van der Waals surface area contributed by atoms with Gasteiger partial charge in [-0.1, -0.05) is 18.2 Å². The minimum Gasteiger partial charge on any atom is -0.490 e. The van der Waals surface area contributed by atoms with Crippen LogP contribution in [-0.2, 0) is 6.54 Å². The Labute approximate surface area is 129 Å². The molecule has 2 aromatic rings. The van der Waals surface area contributed by atoms with Crippen molar-refractivity contribution in [2.75, 3.05) is 20.2 Å². The van der Waals surface area contributed by atoms with Crippen molar-refractivity contribution < 1.29 is 9.13 Å². The molecule has 0 unspecified atom stereocenters. The van der Waals surface area contributed by atoms with E-state index >= 15 is 0 Å². The van der Waals surface area contributed by atoms with Gasteiger partial charge in [0.05, 0.1) is 12.7 Å². The van der Waals surface area contributed by atoms with Crippen LogP contribution in [-0.4, -0.2) is 31.1 Å². The van der Waals surface area contributed by atoms with E-state index in [0.29, 0.717) is 31.2 Å². The monoisotopic (exact) mass is 302 g/mol. The van der Waals surface area contributed by atoms with Gasteiger partial charge in [-0.05, 0) is 18.2 Å².